The zero-order valence-electron chi connectivity index (χ0n) is 10.1. The van der Waals surface area contributed by atoms with Gasteiger partial charge in [0.2, 0.25) is 0 Å². The number of aryl methyl sites for hydroxylation is 1. The minimum atomic E-state index is -4.07. The first-order valence-electron chi connectivity index (χ1n) is 5.15. The van der Waals surface area contributed by atoms with Gasteiger partial charge in [0.1, 0.15) is 6.61 Å². The fourth-order valence-corrected chi connectivity index (χ4v) is 2.28. The van der Waals surface area contributed by atoms with Crippen molar-refractivity contribution in [1.29, 1.82) is 0 Å². The molecule has 1 rings (SSSR count). The maximum atomic E-state index is 11.5. The molecule has 0 aliphatic heterocycles. The van der Waals surface area contributed by atoms with Gasteiger partial charge in [-0.2, -0.15) is 8.42 Å². The van der Waals surface area contributed by atoms with Crippen LogP contribution in [0, 0.1) is 6.92 Å². The summed E-state index contributed by atoms with van der Waals surface area (Å²) in [6.45, 7) is 4.95. The molecule has 19 heavy (non-hydrogen) atoms. The molecule has 0 N–H and O–H groups in total. The van der Waals surface area contributed by atoms with Crippen molar-refractivity contribution >= 4 is 22.1 Å². The number of isocyanates is 1. The predicted molar refractivity (Wildman–Crippen MR) is 67.0 cm³/mol. The van der Waals surface area contributed by atoms with Crippen LogP contribution in [0.2, 0.25) is 0 Å². The summed E-state index contributed by atoms with van der Waals surface area (Å²) >= 11 is 0. The summed E-state index contributed by atoms with van der Waals surface area (Å²) in [6.07, 6.45) is 2.40. The van der Waals surface area contributed by atoms with Gasteiger partial charge in [0.15, 0.2) is 0 Å². The van der Waals surface area contributed by atoms with Crippen LogP contribution in [-0.4, -0.2) is 27.1 Å². The Labute approximate surface area is 110 Å². The molecule has 0 unspecified atom stereocenters. The quantitative estimate of drug-likeness (QED) is 0.352. The Morgan fingerprint density at radius 3 is 2.74 bits per heavy atom. The van der Waals surface area contributed by atoms with Crippen LogP contribution < -0.4 is 0 Å². The second-order valence-corrected chi connectivity index (χ2v) is 5.10. The van der Waals surface area contributed by atoms with Crippen LogP contribution in [0.4, 0.5) is 0 Å². The Balaban J connectivity index is 3.15. The van der Waals surface area contributed by atoms with Crippen molar-refractivity contribution in [3.63, 3.8) is 0 Å². The molecule has 0 aromatic heterocycles. The topological polar surface area (TPSA) is 89.9 Å². The molecular weight excluding hydrogens is 270 g/mol. The van der Waals surface area contributed by atoms with Crippen molar-refractivity contribution in [2.45, 2.75) is 11.8 Å². The van der Waals surface area contributed by atoms with E-state index >= 15 is 0 Å². The summed E-state index contributed by atoms with van der Waals surface area (Å²) in [6, 6.07) is 3.82. The molecule has 0 aliphatic carbocycles. The molecule has 0 amide bonds. The zero-order valence-corrected chi connectivity index (χ0v) is 10.9. The van der Waals surface area contributed by atoms with Gasteiger partial charge in [0.05, 0.1) is 10.5 Å². The summed E-state index contributed by atoms with van der Waals surface area (Å²) in [5.74, 6) is -0.592. The van der Waals surface area contributed by atoms with Gasteiger partial charge >= 0.3 is 5.97 Å². The average molecular weight is 281 g/mol. The third-order valence-electron chi connectivity index (χ3n) is 2.18. The highest BCUT2D eigenvalue weighted by atomic mass is 32.2. The van der Waals surface area contributed by atoms with Gasteiger partial charge < -0.3 is 4.74 Å². The molecule has 0 spiro atoms. The number of ether oxygens (including phenoxy) is 1. The number of carbonyl (C=O) groups is 1. The molecular formula is C12H11NO5S. The maximum absolute atomic E-state index is 11.5. The fourth-order valence-electron chi connectivity index (χ4n) is 1.38. The van der Waals surface area contributed by atoms with E-state index in [9.17, 15) is 18.0 Å². The summed E-state index contributed by atoms with van der Waals surface area (Å²) in [5.41, 5.74) is 0.487. The third-order valence-corrected chi connectivity index (χ3v) is 3.51. The molecule has 6 nitrogen and oxygen atoms in total. The molecule has 0 heterocycles. The van der Waals surface area contributed by atoms with Crippen LogP contribution in [0.15, 0.2) is 40.1 Å². The van der Waals surface area contributed by atoms with Crippen molar-refractivity contribution in [2.75, 3.05) is 6.61 Å². The Kier molecular flexibility index (Phi) is 4.74. The summed E-state index contributed by atoms with van der Waals surface area (Å²) in [5, 5.41) is 0. The highest BCUT2D eigenvalue weighted by molar-refractivity contribution is 7.90. The molecule has 0 atom stereocenters. The number of rotatable bonds is 5. The van der Waals surface area contributed by atoms with Crippen LogP contribution in [0.1, 0.15) is 15.9 Å². The largest absolute Gasteiger partial charge is 0.458 e. The van der Waals surface area contributed by atoms with Gasteiger partial charge in [-0.25, -0.2) is 9.59 Å². The molecule has 1 aromatic rings. The normalized spacial score (nSPS) is 10.4. The first-order chi connectivity index (χ1) is 8.92. The minimum Gasteiger partial charge on any atom is -0.458 e. The van der Waals surface area contributed by atoms with Crippen molar-refractivity contribution in [1.82, 2.24) is 0 Å². The predicted octanol–water partition coefficient (Wildman–Crippen LogP) is 1.36. The van der Waals surface area contributed by atoms with Crippen LogP contribution >= 0.6 is 0 Å². The van der Waals surface area contributed by atoms with E-state index in [1.54, 1.807) is 0 Å². The van der Waals surface area contributed by atoms with Crippen LogP contribution in [0.5, 0.6) is 0 Å². The standard InChI is InChI=1S/C12H11NO5S/c1-3-6-18-12(15)10-4-5-11(9(2)7-10)19(16,17)13-8-14/h3-5,7H,1,6H2,2H3. The lowest BCUT2D eigenvalue weighted by molar-refractivity contribution is 0.0549. The van der Waals surface area contributed by atoms with Crippen molar-refractivity contribution in [2.24, 2.45) is 4.40 Å². The molecule has 0 radical (unpaired) electrons. The fraction of sp³-hybridized carbons (Fsp3) is 0.167. The second-order valence-electron chi connectivity index (χ2n) is 3.53. The Bertz CT molecular complexity index is 657. The average Bonchev–Trinajstić information content (AvgIpc) is 2.35. The van der Waals surface area contributed by atoms with Crippen molar-refractivity contribution in [3.8, 4) is 0 Å². The van der Waals surface area contributed by atoms with E-state index in [0.29, 0.717) is 0 Å². The number of nitrogens with zero attached hydrogens (tertiary/aromatic N) is 1. The molecule has 0 saturated carbocycles. The number of carbonyl (C=O) groups excluding carboxylic acids is 2. The summed E-state index contributed by atoms with van der Waals surface area (Å²) in [7, 11) is -4.07. The summed E-state index contributed by atoms with van der Waals surface area (Å²) < 4.78 is 30.7. The second kappa shape index (κ2) is 6.08. The Hall–Kier alpha value is -2.24. The SMILES string of the molecule is C=CCOC(=O)c1ccc(S(=O)(=O)N=C=O)c(C)c1. The van der Waals surface area contributed by atoms with Crippen LogP contribution in [0.3, 0.4) is 0 Å². The van der Waals surface area contributed by atoms with E-state index < -0.39 is 16.0 Å². The van der Waals surface area contributed by atoms with Crippen LogP contribution in [0.25, 0.3) is 0 Å². The summed E-state index contributed by atoms with van der Waals surface area (Å²) in [4.78, 5) is 21.4. The Morgan fingerprint density at radius 1 is 1.53 bits per heavy atom. The number of hydrogen-bond donors (Lipinski definition) is 0. The van der Waals surface area contributed by atoms with Gasteiger partial charge in [0, 0.05) is 0 Å². The number of esters is 1. The van der Waals surface area contributed by atoms with Gasteiger partial charge in [-0.05, 0) is 30.7 Å². The molecule has 100 valence electrons. The number of benzene rings is 1. The van der Waals surface area contributed by atoms with E-state index in [0.717, 1.165) is 6.08 Å². The molecule has 0 aliphatic rings. The molecule has 0 fully saturated rings. The zero-order chi connectivity index (χ0) is 14.5. The first-order valence-corrected chi connectivity index (χ1v) is 6.59. The highest BCUT2D eigenvalue weighted by Gasteiger charge is 2.17. The van der Waals surface area contributed by atoms with E-state index in [1.807, 2.05) is 0 Å². The molecule has 0 saturated heterocycles. The Morgan fingerprint density at radius 2 is 2.21 bits per heavy atom. The van der Waals surface area contributed by atoms with E-state index in [2.05, 4.69) is 11.0 Å². The number of sulfonamides is 1. The first kappa shape index (κ1) is 14.8. The highest BCUT2D eigenvalue weighted by Crippen LogP contribution is 2.19. The molecule has 1 aromatic carbocycles. The van der Waals surface area contributed by atoms with E-state index in [1.165, 1.54) is 31.2 Å². The van der Waals surface area contributed by atoms with Gasteiger partial charge in [-0.15, -0.1) is 0 Å². The minimum absolute atomic E-state index is 0.0629. The molecule has 0 bridgehead atoms. The van der Waals surface area contributed by atoms with Crippen LogP contribution in [-0.2, 0) is 19.6 Å². The smallest absolute Gasteiger partial charge is 0.338 e. The monoisotopic (exact) mass is 281 g/mol. The molecule has 7 heteroatoms. The van der Waals surface area contributed by atoms with E-state index in [4.69, 9.17) is 4.74 Å². The third kappa shape index (κ3) is 3.61. The van der Waals surface area contributed by atoms with Crippen molar-refractivity contribution < 1.29 is 22.7 Å². The van der Waals surface area contributed by atoms with Gasteiger partial charge in [0.25, 0.3) is 16.1 Å². The van der Waals surface area contributed by atoms with Gasteiger partial charge in [-0.3, -0.25) is 0 Å². The number of hydrogen-bond acceptors (Lipinski definition) is 5. The lowest BCUT2D eigenvalue weighted by atomic mass is 10.1. The lowest BCUT2D eigenvalue weighted by Gasteiger charge is -2.06. The van der Waals surface area contributed by atoms with E-state index in [-0.39, 0.29) is 22.6 Å². The van der Waals surface area contributed by atoms with Crippen molar-refractivity contribution in [3.05, 3.63) is 42.0 Å². The maximum Gasteiger partial charge on any atom is 0.338 e. The lowest BCUT2D eigenvalue weighted by Crippen LogP contribution is -2.07. The van der Waals surface area contributed by atoms with Gasteiger partial charge in [-0.1, -0.05) is 17.1 Å².